The van der Waals surface area contributed by atoms with Crippen LogP contribution in [0.15, 0.2) is 28.2 Å². The summed E-state index contributed by atoms with van der Waals surface area (Å²) in [7, 11) is 0. The lowest BCUT2D eigenvalue weighted by molar-refractivity contribution is 0.959. The topological polar surface area (TPSA) is 71.5 Å². The first kappa shape index (κ1) is 11.2. The lowest BCUT2D eigenvalue weighted by Gasteiger charge is -2.03. The third-order valence-corrected chi connectivity index (χ3v) is 3.31. The van der Waals surface area contributed by atoms with E-state index in [4.69, 9.17) is 0 Å². The quantitative estimate of drug-likeness (QED) is 0.410. The highest BCUT2D eigenvalue weighted by Crippen LogP contribution is 2.20. The Balaban J connectivity index is 2.55. The fourth-order valence-corrected chi connectivity index (χ4v) is 2.23. The van der Waals surface area contributed by atoms with Gasteiger partial charge >= 0.3 is 0 Å². The fourth-order valence-electron chi connectivity index (χ4n) is 1.85. The van der Waals surface area contributed by atoms with Crippen LogP contribution in [0.2, 0.25) is 0 Å². The maximum atomic E-state index is 11.9. The number of hydrogen-bond donors (Lipinski definition) is 1. The molecule has 3 rings (SSSR count). The van der Waals surface area contributed by atoms with Crippen molar-refractivity contribution in [3.63, 3.8) is 0 Å². The number of aryl methyl sites for hydroxylation is 1. The standard InChI is InChI=1S/C12H10N4OS/c1-6-3-4-8-7(5-6)9-10(16-15-8)11(17)14-12(13-9)18-2/h3-5H,1-2H3,(H,13,14,17). The minimum Gasteiger partial charge on any atom is -0.300 e. The molecule has 5 nitrogen and oxygen atoms in total. The van der Waals surface area contributed by atoms with Gasteiger partial charge in [-0.05, 0) is 25.3 Å². The minimum atomic E-state index is -0.250. The van der Waals surface area contributed by atoms with Crippen molar-refractivity contribution in [3.05, 3.63) is 34.1 Å². The molecule has 0 atom stereocenters. The zero-order valence-corrected chi connectivity index (χ0v) is 10.7. The Kier molecular flexibility index (Phi) is 2.52. The predicted octanol–water partition coefficient (Wildman–Crippen LogP) is 1.90. The van der Waals surface area contributed by atoms with Crippen molar-refractivity contribution < 1.29 is 0 Å². The largest absolute Gasteiger partial charge is 0.300 e. The van der Waals surface area contributed by atoms with Crippen LogP contribution in [0.4, 0.5) is 0 Å². The van der Waals surface area contributed by atoms with Gasteiger partial charge in [0, 0.05) is 5.39 Å². The van der Waals surface area contributed by atoms with E-state index in [9.17, 15) is 4.79 Å². The van der Waals surface area contributed by atoms with Crippen LogP contribution in [0.3, 0.4) is 0 Å². The lowest BCUT2D eigenvalue weighted by atomic mass is 10.1. The molecule has 0 aliphatic carbocycles. The molecule has 1 N–H and O–H groups in total. The van der Waals surface area contributed by atoms with Gasteiger partial charge in [-0.2, -0.15) is 0 Å². The van der Waals surface area contributed by atoms with E-state index in [1.165, 1.54) is 11.8 Å². The Labute approximate surface area is 107 Å². The molecule has 1 aromatic carbocycles. The third kappa shape index (κ3) is 1.65. The molecule has 0 saturated heterocycles. The van der Waals surface area contributed by atoms with Crippen molar-refractivity contribution in [2.75, 3.05) is 6.26 Å². The van der Waals surface area contributed by atoms with Gasteiger partial charge in [-0.15, -0.1) is 10.2 Å². The molecule has 0 radical (unpaired) electrons. The SMILES string of the molecule is CSc1nc2c(nnc3ccc(C)cc32)c(=O)[nH]1. The summed E-state index contributed by atoms with van der Waals surface area (Å²) in [6, 6.07) is 5.83. The number of aromatic amines is 1. The highest BCUT2D eigenvalue weighted by molar-refractivity contribution is 7.98. The molecule has 2 aromatic heterocycles. The average Bonchev–Trinajstić information content (AvgIpc) is 2.38. The normalized spacial score (nSPS) is 11.2. The Morgan fingerprint density at radius 2 is 2.06 bits per heavy atom. The van der Waals surface area contributed by atoms with E-state index in [2.05, 4.69) is 20.2 Å². The molecular formula is C12H10N4OS. The molecule has 0 bridgehead atoms. The summed E-state index contributed by atoms with van der Waals surface area (Å²) in [6.45, 7) is 1.99. The van der Waals surface area contributed by atoms with Crippen molar-refractivity contribution in [3.8, 4) is 0 Å². The number of nitrogens with zero attached hydrogens (tertiary/aromatic N) is 3. The Morgan fingerprint density at radius 3 is 2.83 bits per heavy atom. The number of fused-ring (bicyclic) bond motifs is 3. The second kappa shape index (κ2) is 4.06. The summed E-state index contributed by atoms with van der Waals surface area (Å²) in [5.74, 6) is 0. The number of thioether (sulfide) groups is 1. The molecule has 0 aliphatic rings. The van der Waals surface area contributed by atoms with Crippen molar-refractivity contribution in [1.29, 1.82) is 0 Å². The number of aromatic nitrogens is 4. The van der Waals surface area contributed by atoms with Crippen molar-refractivity contribution in [2.24, 2.45) is 0 Å². The molecule has 0 amide bonds. The molecule has 18 heavy (non-hydrogen) atoms. The minimum absolute atomic E-state index is 0.250. The first-order valence-corrected chi connectivity index (χ1v) is 6.62. The molecule has 2 heterocycles. The smallest absolute Gasteiger partial charge is 0.280 e. The number of nitrogens with one attached hydrogen (secondary N) is 1. The van der Waals surface area contributed by atoms with Crippen LogP contribution in [0.1, 0.15) is 5.56 Å². The third-order valence-electron chi connectivity index (χ3n) is 2.73. The highest BCUT2D eigenvalue weighted by atomic mass is 32.2. The number of benzene rings is 1. The van der Waals surface area contributed by atoms with Crippen LogP contribution in [0.25, 0.3) is 21.9 Å². The molecule has 0 unspecified atom stereocenters. The van der Waals surface area contributed by atoms with Gasteiger partial charge in [0.25, 0.3) is 5.56 Å². The van der Waals surface area contributed by atoms with Gasteiger partial charge in [0.1, 0.15) is 5.52 Å². The summed E-state index contributed by atoms with van der Waals surface area (Å²) in [5, 5.41) is 9.45. The number of rotatable bonds is 1. The predicted molar refractivity (Wildman–Crippen MR) is 72.0 cm³/mol. The van der Waals surface area contributed by atoms with Crippen LogP contribution in [0.5, 0.6) is 0 Å². The zero-order valence-electron chi connectivity index (χ0n) is 9.89. The van der Waals surface area contributed by atoms with E-state index in [1.54, 1.807) is 0 Å². The van der Waals surface area contributed by atoms with E-state index in [-0.39, 0.29) is 11.1 Å². The molecule has 0 fully saturated rings. The summed E-state index contributed by atoms with van der Waals surface area (Å²) < 4.78 is 0. The van der Waals surface area contributed by atoms with Crippen LogP contribution in [0, 0.1) is 6.92 Å². The van der Waals surface area contributed by atoms with E-state index < -0.39 is 0 Å². The molecule has 3 aromatic rings. The van der Waals surface area contributed by atoms with E-state index in [0.29, 0.717) is 10.7 Å². The van der Waals surface area contributed by atoms with Gasteiger partial charge in [-0.3, -0.25) is 9.78 Å². The lowest BCUT2D eigenvalue weighted by Crippen LogP contribution is -2.11. The Morgan fingerprint density at radius 1 is 1.22 bits per heavy atom. The summed E-state index contributed by atoms with van der Waals surface area (Å²) >= 11 is 1.40. The molecule has 0 spiro atoms. The monoisotopic (exact) mass is 258 g/mol. The molecular weight excluding hydrogens is 248 g/mol. The van der Waals surface area contributed by atoms with Gasteiger partial charge in [-0.25, -0.2) is 4.98 Å². The molecule has 0 saturated carbocycles. The Bertz CT molecular complexity index is 812. The van der Waals surface area contributed by atoms with Gasteiger partial charge in [0.05, 0.1) is 5.52 Å². The molecule has 0 aliphatic heterocycles. The molecule has 90 valence electrons. The van der Waals surface area contributed by atoms with Crippen molar-refractivity contribution >= 4 is 33.7 Å². The fraction of sp³-hybridized carbons (Fsp3) is 0.167. The van der Waals surface area contributed by atoms with Gasteiger partial charge in [0.2, 0.25) is 0 Å². The van der Waals surface area contributed by atoms with Crippen molar-refractivity contribution in [2.45, 2.75) is 12.1 Å². The van der Waals surface area contributed by atoms with Gasteiger partial charge < -0.3 is 0 Å². The molecule has 6 heteroatoms. The van der Waals surface area contributed by atoms with Gasteiger partial charge in [0.15, 0.2) is 10.7 Å². The average molecular weight is 258 g/mol. The first-order valence-electron chi connectivity index (χ1n) is 5.40. The summed E-state index contributed by atoms with van der Waals surface area (Å²) in [5.41, 5.74) is 2.49. The summed E-state index contributed by atoms with van der Waals surface area (Å²) in [6.07, 6.45) is 1.87. The highest BCUT2D eigenvalue weighted by Gasteiger charge is 2.09. The number of H-pyrrole nitrogens is 1. The van der Waals surface area contributed by atoms with E-state index >= 15 is 0 Å². The zero-order chi connectivity index (χ0) is 12.7. The van der Waals surface area contributed by atoms with Gasteiger partial charge in [-0.1, -0.05) is 23.4 Å². The first-order chi connectivity index (χ1) is 8.69. The summed E-state index contributed by atoms with van der Waals surface area (Å²) in [4.78, 5) is 19.0. The van der Waals surface area contributed by atoms with Crippen LogP contribution in [-0.4, -0.2) is 26.4 Å². The van der Waals surface area contributed by atoms with Crippen molar-refractivity contribution in [1.82, 2.24) is 20.2 Å². The Hall–Kier alpha value is -1.95. The van der Waals surface area contributed by atoms with Crippen LogP contribution < -0.4 is 5.56 Å². The maximum Gasteiger partial charge on any atom is 0.280 e. The van der Waals surface area contributed by atoms with Crippen LogP contribution in [-0.2, 0) is 0 Å². The van der Waals surface area contributed by atoms with E-state index in [1.807, 2.05) is 31.4 Å². The van der Waals surface area contributed by atoms with Crippen LogP contribution >= 0.6 is 11.8 Å². The number of hydrogen-bond acceptors (Lipinski definition) is 5. The van der Waals surface area contributed by atoms with E-state index in [0.717, 1.165) is 16.5 Å². The maximum absolute atomic E-state index is 11.9. The second-order valence-corrected chi connectivity index (χ2v) is 4.79. The second-order valence-electron chi connectivity index (χ2n) is 3.99.